The summed E-state index contributed by atoms with van der Waals surface area (Å²) in [5.41, 5.74) is 2.11. The maximum atomic E-state index is 13.3. The highest BCUT2D eigenvalue weighted by Crippen LogP contribution is 2.40. The summed E-state index contributed by atoms with van der Waals surface area (Å²) in [5, 5.41) is 3.54. The second-order valence-electron chi connectivity index (χ2n) is 8.08. The van der Waals surface area contributed by atoms with Crippen molar-refractivity contribution < 1.29 is 19.1 Å². The van der Waals surface area contributed by atoms with Crippen LogP contribution in [0.15, 0.2) is 66.9 Å². The van der Waals surface area contributed by atoms with Gasteiger partial charge in [-0.3, -0.25) is 14.6 Å². The quantitative estimate of drug-likeness (QED) is 0.555. The third-order valence-electron chi connectivity index (χ3n) is 6.04. The van der Waals surface area contributed by atoms with Crippen molar-refractivity contribution in [3.8, 4) is 11.5 Å². The number of nitrogens with zero attached hydrogens (tertiary/aromatic N) is 2. The molecule has 1 aliphatic heterocycles. The number of aromatic nitrogens is 1. The normalized spacial score (nSPS) is 17.3. The lowest BCUT2D eigenvalue weighted by Crippen LogP contribution is -2.35. The molecule has 34 heavy (non-hydrogen) atoms. The van der Waals surface area contributed by atoms with Crippen LogP contribution in [0.25, 0.3) is 0 Å². The van der Waals surface area contributed by atoms with Gasteiger partial charge in [0.2, 0.25) is 5.91 Å². The van der Waals surface area contributed by atoms with Crippen LogP contribution in [0, 0.1) is 5.92 Å². The van der Waals surface area contributed by atoms with Crippen LogP contribution in [-0.4, -0.2) is 49.0 Å². The molecule has 0 aliphatic carbocycles. The fourth-order valence-electron chi connectivity index (χ4n) is 4.27. The van der Waals surface area contributed by atoms with E-state index in [1.807, 2.05) is 36.4 Å². The topological polar surface area (TPSA) is 80.8 Å². The van der Waals surface area contributed by atoms with E-state index in [0.717, 1.165) is 11.3 Å². The maximum Gasteiger partial charge on any atom is 0.253 e. The largest absolute Gasteiger partial charge is 0.497 e. The molecule has 2 heterocycles. The van der Waals surface area contributed by atoms with Crippen LogP contribution in [0.1, 0.15) is 27.5 Å². The molecule has 4 rings (SSSR count). The summed E-state index contributed by atoms with van der Waals surface area (Å²) in [6, 6.07) is 17.8. The summed E-state index contributed by atoms with van der Waals surface area (Å²) in [6.45, 7) is 0.955. The zero-order valence-electron chi connectivity index (χ0n) is 19.0. The zero-order valence-corrected chi connectivity index (χ0v) is 19.8. The van der Waals surface area contributed by atoms with E-state index < -0.39 is 5.92 Å². The molecule has 176 valence electrons. The summed E-state index contributed by atoms with van der Waals surface area (Å²) in [5.74, 6) is 0.265. The average molecular weight is 480 g/mol. The van der Waals surface area contributed by atoms with Crippen molar-refractivity contribution in [2.75, 3.05) is 27.3 Å². The van der Waals surface area contributed by atoms with E-state index in [0.29, 0.717) is 35.2 Å². The van der Waals surface area contributed by atoms with E-state index in [1.165, 1.54) is 0 Å². The highest BCUT2D eigenvalue weighted by atomic mass is 35.5. The number of likely N-dealkylation sites (tertiary alicyclic amines) is 1. The van der Waals surface area contributed by atoms with Crippen molar-refractivity contribution in [1.82, 2.24) is 15.2 Å². The lowest BCUT2D eigenvalue weighted by atomic mass is 9.87. The third kappa shape index (κ3) is 5.15. The highest BCUT2D eigenvalue weighted by Gasteiger charge is 2.42. The van der Waals surface area contributed by atoms with Gasteiger partial charge < -0.3 is 19.7 Å². The molecule has 1 fully saturated rings. The fraction of sp³-hybridized carbons (Fsp3) is 0.269. The van der Waals surface area contributed by atoms with Crippen molar-refractivity contribution in [1.29, 1.82) is 0 Å². The van der Waals surface area contributed by atoms with Gasteiger partial charge in [-0.15, -0.1) is 0 Å². The zero-order chi connectivity index (χ0) is 24.1. The first kappa shape index (κ1) is 23.6. The molecule has 7 nitrogen and oxygen atoms in total. The van der Waals surface area contributed by atoms with Gasteiger partial charge in [0.15, 0.2) is 0 Å². The predicted octanol–water partition coefficient (Wildman–Crippen LogP) is 3.92. The SMILES string of the molecule is COc1ccc(OC)c([C@@H]2CN(C(=O)c3ccc(Cl)cc3)C[C@@H]2C(=O)NCc2ccccn2)c1. The molecule has 8 heteroatoms. The Balaban J connectivity index is 1.62. The Morgan fingerprint density at radius 1 is 1.06 bits per heavy atom. The Hall–Kier alpha value is -3.58. The molecule has 0 radical (unpaired) electrons. The Morgan fingerprint density at radius 2 is 1.85 bits per heavy atom. The third-order valence-corrected chi connectivity index (χ3v) is 6.29. The number of hydrogen-bond acceptors (Lipinski definition) is 5. The number of carbonyl (C=O) groups excluding carboxylic acids is 2. The van der Waals surface area contributed by atoms with E-state index in [4.69, 9.17) is 21.1 Å². The van der Waals surface area contributed by atoms with Crippen molar-refractivity contribution in [2.45, 2.75) is 12.5 Å². The van der Waals surface area contributed by atoms with E-state index in [-0.39, 0.29) is 24.3 Å². The lowest BCUT2D eigenvalue weighted by molar-refractivity contribution is -0.125. The van der Waals surface area contributed by atoms with Crippen LogP contribution in [0.5, 0.6) is 11.5 Å². The Bertz CT molecular complexity index is 1150. The van der Waals surface area contributed by atoms with Crippen LogP contribution in [0.3, 0.4) is 0 Å². The van der Waals surface area contributed by atoms with Crippen molar-refractivity contribution >= 4 is 23.4 Å². The molecule has 3 aromatic rings. The molecule has 0 unspecified atom stereocenters. The first-order valence-corrected chi connectivity index (χ1v) is 11.3. The standard InChI is InChI=1S/C26H26ClN3O4/c1-33-20-10-11-24(34-2)21(13-20)22-15-30(26(32)17-6-8-18(27)9-7-17)16-23(22)25(31)29-14-19-5-3-4-12-28-19/h3-13,22-23H,14-16H2,1-2H3,(H,29,31)/t22-,23-/m0/s1. The number of benzene rings is 2. The molecular weight excluding hydrogens is 454 g/mol. The van der Waals surface area contributed by atoms with Gasteiger partial charge in [-0.25, -0.2) is 0 Å². The second kappa shape index (κ2) is 10.6. The van der Waals surface area contributed by atoms with E-state index in [1.54, 1.807) is 49.6 Å². The van der Waals surface area contributed by atoms with E-state index in [2.05, 4.69) is 10.3 Å². The number of carbonyl (C=O) groups is 2. The van der Waals surface area contributed by atoms with Gasteiger partial charge in [-0.05, 0) is 54.6 Å². The number of amides is 2. The smallest absolute Gasteiger partial charge is 0.253 e. The number of methoxy groups -OCH3 is 2. The molecule has 2 atom stereocenters. The minimum Gasteiger partial charge on any atom is -0.497 e. The number of ether oxygens (including phenoxy) is 2. The van der Waals surface area contributed by atoms with Gasteiger partial charge in [0.05, 0.1) is 32.4 Å². The molecular formula is C26H26ClN3O4. The number of rotatable bonds is 7. The van der Waals surface area contributed by atoms with Crippen LogP contribution in [0.2, 0.25) is 5.02 Å². The molecule has 1 saturated heterocycles. The van der Waals surface area contributed by atoms with Gasteiger partial charge in [-0.1, -0.05) is 17.7 Å². The number of halogens is 1. The molecule has 1 aromatic heterocycles. The van der Waals surface area contributed by atoms with Gasteiger partial charge in [-0.2, -0.15) is 0 Å². The van der Waals surface area contributed by atoms with Crippen LogP contribution >= 0.6 is 11.6 Å². The fourth-order valence-corrected chi connectivity index (χ4v) is 4.39. The van der Waals surface area contributed by atoms with Crippen molar-refractivity contribution in [2.24, 2.45) is 5.92 Å². The number of pyridine rings is 1. The Labute approximate surface area is 203 Å². The summed E-state index contributed by atoms with van der Waals surface area (Å²) >= 11 is 5.98. The number of hydrogen-bond donors (Lipinski definition) is 1. The van der Waals surface area contributed by atoms with Crippen LogP contribution in [-0.2, 0) is 11.3 Å². The van der Waals surface area contributed by atoms with Crippen LogP contribution < -0.4 is 14.8 Å². The summed E-state index contributed by atoms with van der Waals surface area (Å²) in [6.07, 6.45) is 1.69. The highest BCUT2D eigenvalue weighted by molar-refractivity contribution is 6.30. The van der Waals surface area contributed by atoms with Gasteiger partial charge in [0.1, 0.15) is 11.5 Å². The van der Waals surface area contributed by atoms with Crippen molar-refractivity contribution in [3.63, 3.8) is 0 Å². The molecule has 0 saturated carbocycles. The lowest BCUT2D eigenvalue weighted by Gasteiger charge is -2.21. The monoisotopic (exact) mass is 479 g/mol. The molecule has 0 bridgehead atoms. The minimum absolute atomic E-state index is 0.146. The predicted molar refractivity (Wildman–Crippen MR) is 129 cm³/mol. The molecule has 2 aromatic carbocycles. The summed E-state index contributed by atoms with van der Waals surface area (Å²) < 4.78 is 11.0. The van der Waals surface area contributed by atoms with Gasteiger partial charge in [0, 0.05) is 41.4 Å². The van der Waals surface area contributed by atoms with E-state index in [9.17, 15) is 9.59 Å². The number of nitrogens with one attached hydrogen (secondary N) is 1. The Morgan fingerprint density at radius 3 is 2.53 bits per heavy atom. The second-order valence-corrected chi connectivity index (χ2v) is 8.51. The van der Waals surface area contributed by atoms with E-state index >= 15 is 0 Å². The first-order chi connectivity index (χ1) is 16.5. The van der Waals surface area contributed by atoms with Crippen molar-refractivity contribution in [3.05, 3.63) is 88.7 Å². The average Bonchev–Trinajstić information content (AvgIpc) is 3.33. The first-order valence-electron chi connectivity index (χ1n) is 10.9. The van der Waals surface area contributed by atoms with Gasteiger partial charge in [0.25, 0.3) is 5.91 Å². The molecule has 2 amide bonds. The van der Waals surface area contributed by atoms with Gasteiger partial charge >= 0.3 is 0 Å². The Kier molecular flexibility index (Phi) is 7.33. The molecule has 1 aliphatic rings. The summed E-state index contributed by atoms with van der Waals surface area (Å²) in [7, 11) is 3.18. The minimum atomic E-state index is -0.471. The molecule has 0 spiro atoms. The molecule has 1 N–H and O–H groups in total. The maximum absolute atomic E-state index is 13.3. The van der Waals surface area contributed by atoms with Crippen LogP contribution in [0.4, 0.5) is 0 Å². The summed E-state index contributed by atoms with van der Waals surface area (Å²) in [4.78, 5) is 32.6.